The molecule has 1 nitrogen and oxygen atoms in total. The van der Waals surface area contributed by atoms with Gasteiger partial charge in [-0.2, -0.15) is 0 Å². The highest BCUT2D eigenvalue weighted by Crippen LogP contribution is 2.19. The van der Waals surface area contributed by atoms with Crippen LogP contribution in [-0.4, -0.2) is 22.9 Å². The van der Waals surface area contributed by atoms with Gasteiger partial charge in [0.2, 0.25) is 5.71 Å². The number of rotatable bonds is 1. The Balaban J connectivity index is 2.38. The van der Waals surface area contributed by atoms with E-state index in [-0.39, 0.29) is 0 Å². The van der Waals surface area contributed by atoms with E-state index in [1.165, 1.54) is 18.7 Å². The smallest absolute Gasteiger partial charge is 0.202 e. The summed E-state index contributed by atoms with van der Waals surface area (Å²) >= 11 is 0. The van der Waals surface area contributed by atoms with Gasteiger partial charge < -0.3 is 0 Å². The van der Waals surface area contributed by atoms with Crippen molar-refractivity contribution in [2.24, 2.45) is 0 Å². The summed E-state index contributed by atoms with van der Waals surface area (Å²) in [4.78, 5) is 0. The molecule has 1 aliphatic heterocycles. The Morgan fingerprint density at radius 3 is 3.00 bits per heavy atom. The van der Waals surface area contributed by atoms with Crippen molar-refractivity contribution >= 4 is 5.71 Å². The van der Waals surface area contributed by atoms with Crippen molar-refractivity contribution < 1.29 is 4.58 Å². The zero-order chi connectivity index (χ0) is 8.55. The van der Waals surface area contributed by atoms with Crippen LogP contribution in [0.25, 0.3) is 0 Å². The normalized spacial score (nSPS) is 21.8. The number of hydrogen-bond donors (Lipinski definition) is 0. The lowest BCUT2D eigenvalue weighted by Gasteiger charge is -2.04. The molecule has 0 fully saturated rings. The van der Waals surface area contributed by atoms with Gasteiger partial charge in [0.25, 0.3) is 0 Å². The summed E-state index contributed by atoms with van der Waals surface area (Å²) in [6, 6.07) is 0.647. The zero-order valence-electron chi connectivity index (χ0n) is 7.88. The Labute approximate surface area is 74.1 Å². The summed E-state index contributed by atoms with van der Waals surface area (Å²) in [5.41, 5.74) is 3.03. The Morgan fingerprint density at radius 2 is 2.25 bits per heavy atom. The Hall–Kier alpha value is -0.850. The molecule has 0 N–H and O–H groups in total. The Bertz CT molecular complexity index is 279. The first-order valence-electron chi connectivity index (χ1n) is 4.78. The molecule has 0 saturated carbocycles. The summed E-state index contributed by atoms with van der Waals surface area (Å²) in [7, 11) is 0. The van der Waals surface area contributed by atoms with Crippen LogP contribution in [0, 0.1) is 0 Å². The van der Waals surface area contributed by atoms with Crippen molar-refractivity contribution in [1.29, 1.82) is 0 Å². The molecule has 0 atom stereocenters. The lowest BCUT2D eigenvalue weighted by molar-refractivity contribution is -0.550. The summed E-state index contributed by atoms with van der Waals surface area (Å²) in [5.74, 6) is 0. The highest BCUT2D eigenvalue weighted by Gasteiger charge is 2.27. The van der Waals surface area contributed by atoms with Gasteiger partial charge in [-0.25, -0.2) is 4.58 Å². The van der Waals surface area contributed by atoms with E-state index in [0.717, 1.165) is 6.42 Å². The molecule has 2 rings (SSSR count). The van der Waals surface area contributed by atoms with Crippen LogP contribution >= 0.6 is 0 Å². The van der Waals surface area contributed by atoms with Crippen molar-refractivity contribution in [3.8, 4) is 0 Å². The average Bonchev–Trinajstić information content (AvgIpc) is 2.47. The van der Waals surface area contributed by atoms with E-state index in [9.17, 15) is 0 Å². The minimum atomic E-state index is 0.647. The molecule has 0 aromatic rings. The summed E-state index contributed by atoms with van der Waals surface area (Å²) in [5, 5.41) is 0. The molecule has 0 spiro atoms. The molecule has 0 unspecified atom stereocenters. The second kappa shape index (κ2) is 2.89. The van der Waals surface area contributed by atoms with Crippen LogP contribution in [0.15, 0.2) is 23.8 Å². The quantitative estimate of drug-likeness (QED) is 0.520. The molecular weight excluding hydrogens is 146 g/mol. The van der Waals surface area contributed by atoms with Crippen molar-refractivity contribution in [1.82, 2.24) is 0 Å². The zero-order valence-corrected chi connectivity index (χ0v) is 7.88. The van der Waals surface area contributed by atoms with Gasteiger partial charge in [0.15, 0.2) is 0 Å². The largest absolute Gasteiger partial charge is 0.227 e. The average molecular weight is 162 g/mol. The van der Waals surface area contributed by atoms with Crippen LogP contribution in [0.5, 0.6) is 0 Å². The maximum Gasteiger partial charge on any atom is 0.202 e. The molecule has 12 heavy (non-hydrogen) atoms. The van der Waals surface area contributed by atoms with Gasteiger partial charge in [-0.05, 0) is 20.3 Å². The molecule has 1 heteroatoms. The summed E-state index contributed by atoms with van der Waals surface area (Å²) in [6.45, 7) is 5.74. The number of hydrogen-bond acceptors (Lipinski definition) is 0. The molecule has 0 aromatic carbocycles. The first-order chi connectivity index (χ1) is 5.79. The molecule has 0 radical (unpaired) electrons. The topological polar surface area (TPSA) is 3.01 Å². The van der Waals surface area contributed by atoms with Crippen LogP contribution in [0.2, 0.25) is 0 Å². The van der Waals surface area contributed by atoms with E-state index in [1.54, 1.807) is 5.57 Å². The molecule has 0 saturated heterocycles. The monoisotopic (exact) mass is 162 g/mol. The number of nitrogens with zero attached hydrogens (tertiary/aromatic N) is 1. The molecule has 2 aliphatic rings. The molecule has 1 heterocycles. The molecule has 0 aromatic heterocycles. The van der Waals surface area contributed by atoms with Gasteiger partial charge >= 0.3 is 0 Å². The molecule has 0 amide bonds. The molecular formula is C11H16N+. The van der Waals surface area contributed by atoms with Gasteiger partial charge in [-0.15, -0.1) is 0 Å². The van der Waals surface area contributed by atoms with Crippen LogP contribution in [-0.2, 0) is 0 Å². The van der Waals surface area contributed by atoms with E-state index in [4.69, 9.17) is 0 Å². The second-order valence-corrected chi connectivity index (χ2v) is 3.79. The van der Waals surface area contributed by atoms with Gasteiger partial charge in [-0.1, -0.05) is 12.2 Å². The van der Waals surface area contributed by atoms with E-state index < -0.39 is 0 Å². The lowest BCUT2D eigenvalue weighted by atomic mass is 10.0. The fraction of sp³-hybridized carbons (Fsp3) is 0.545. The number of fused-ring (bicyclic) bond motifs is 1. The maximum absolute atomic E-state index is 2.49. The molecule has 1 aliphatic carbocycles. The third-order valence-corrected chi connectivity index (χ3v) is 2.66. The van der Waals surface area contributed by atoms with Gasteiger partial charge in [0, 0.05) is 18.1 Å². The van der Waals surface area contributed by atoms with E-state index in [2.05, 4.69) is 36.7 Å². The SMILES string of the molecule is CC(C)[N+]1=C2C=CCC=C2CC1. The molecule has 0 bridgehead atoms. The van der Waals surface area contributed by atoms with Crippen LogP contribution in [0.1, 0.15) is 26.7 Å². The van der Waals surface area contributed by atoms with Crippen LogP contribution in [0.4, 0.5) is 0 Å². The predicted octanol–water partition coefficient (Wildman–Crippen LogP) is 2.14. The molecule has 64 valence electrons. The van der Waals surface area contributed by atoms with Crippen molar-refractivity contribution in [3.63, 3.8) is 0 Å². The van der Waals surface area contributed by atoms with Gasteiger partial charge in [0.1, 0.15) is 12.6 Å². The Morgan fingerprint density at radius 1 is 1.42 bits per heavy atom. The van der Waals surface area contributed by atoms with Gasteiger partial charge in [-0.3, -0.25) is 0 Å². The minimum absolute atomic E-state index is 0.647. The second-order valence-electron chi connectivity index (χ2n) is 3.79. The first kappa shape index (κ1) is 7.78. The number of allylic oxidation sites excluding steroid dienone is 3. The highest BCUT2D eigenvalue weighted by molar-refractivity contribution is 6.06. The minimum Gasteiger partial charge on any atom is -0.227 e. The van der Waals surface area contributed by atoms with E-state index >= 15 is 0 Å². The third-order valence-electron chi connectivity index (χ3n) is 2.66. The van der Waals surface area contributed by atoms with Crippen molar-refractivity contribution in [2.45, 2.75) is 32.7 Å². The summed E-state index contributed by atoms with van der Waals surface area (Å²) in [6.07, 6.45) is 9.27. The summed E-state index contributed by atoms with van der Waals surface area (Å²) < 4.78 is 2.49. The van der Waals surface area contributed by atoms with E-state index in [1.807, 2.05) is 0 Å². The van der Waals surface area contributed by atoms with Crippen LogP contribution in [0.3, 0.4) is 0 Å². The highest BCUT2D eigenvalue weighted by atomic mass is 15.1. The third kappa shape index (κ3) is 1.13. The standard InChI is InChI=1S/C11H16N/c1-9(2)12-8-7-10-5-3-4-6-11(10)12/h4-6,9H,3,7-8H2,1-2H3/q+1. The first-order valence-corrected chi connectivity index (χ1v) is 4.78. The Kier molecular flexibility index (Phi) is 1.87. The van der Waals surface area contributed by atoms with Gasteiger partial charge in [0.05, 0.1) is 0 Å². The fourth-order valence-electron chi connectivity index (χ4n) is 2.01. The lowest BCUT2D eigenvalue weighted by Crippen LogP contribution is -2.22. The maximum atomic E-state index is 2.49. The van der Waals surface area contributed by atoms with Crippen molar-refractivity contribution in [2.75, 3.05) is 6.54 Å². The van der Waals surface area contributed by atoms with E-state index in [0.29, 0.717) is 6.04 Å². The van der Waals surface area contributed by atoms with Crippen LogP contribution < -0.4 is 0 Å². The predicted molar refractivity (Wildman–Crippen MR) is 51.7 cm³/mol. The van der Waals surface area contributed by atoms with Crippen molar-refractivity contribution in [3.05, 3.63) is 23.8 Å². The fourth-order valence-corrected chi connectivity index (χ4v) is 2.01.